The second-order valence-corrected chi connectivity index (χ2v) is 8.01. The molecule has 0 spiro atoms. The van der Waals surface area contributed by atoms with Crippen molar-refractivity contribution in [2.45, 2.75) is 25.7 Å². The van der Waals surface area contributed by atoms with Crippen LogP contribution in [0.25, 0.3) is 0 Å². The van der Waals surface area contributed by atoms with E-state index in [1.165, 1.54) is 24.1 Å². The number of aromatic nitrogens is 2. The van der Waals surface area contributed by atoms with Crippen molar-refractivity contribution in [1.29, 1.82) is 0 Å². The number of aliphatic imine (C=N–C) groups is 1. The molecule has 0 radical (unpaired) electrons. The predicted octanol–water partition coefficient (Wildman–Crippen LogP) is 2.70. The van der Waals surface area contributed by atoms with E-state index in [0.717, 1.165) is 45.2 Å². The zero-order valence-electron chi connectivity index (χ0n) is 17.1. The molecular weight excluding hydrogens is 348 g/mol. The molecule has 2 unspecified atom stereocenters. The molecule has 2 aliphatic rings. The fourth-order valence-corrected chi connectivity index (χ4v) is 4.37. The van der Waals surface area contributed by atoms with Crippen LogP contribution >= 0.6 is 0 Å². The van der Waals surface area contributed by atoms with E-state index >= 15 is 0 Å². The third kappa shape index (κ3) is 4.32. The Morgan fingerprint density at radius 1 is 1.18 bits per heavy atom. The minimum absolute atomic E-state index is 0.553. The molecule has 0 aliphatic carbocycles. The zero-order chi connectivity index (χ0) is 19.3. The first kappa shape index (κ1) is 18.8. The number of nitrogens with zero attached hydrogens (tertiary/aromatic N) is 5. The van der Waals surface area contributed by atoms with E-state index in [2.05, 4.69) is 63.7 Å². The van der Waals surface area contributed by atoms with Gasteiger partial charge < -0.3 is 15.1 Å². The van der Waals surface area contributed by atoms with E-state index in [4.69, 9.17) is 4.99 Å². The Morgan fingerprint density at radius 2 is 2.04 bits per heavy atom. The molecule has 1 aromatic heterocycles. The molecule has 150 valence electrons. The SMILES string of the molecule is CCNC(=NCC1CCN(c2ccccc2)C1)N1CCC(c2cnn(C)c2)C1. The van der Waals surface area contributed by atoms with Crippen molar-refractivity contribution < 1.29 is 0 Å². The lowest BCUT2D eigenvalue weighted by atomic mass is 10.0. The van der Waals surface area contributed by atoms with Gasteiger partial charge in [-0.05, 0) is 43.4 Å². The maximum atomic E-state index is 5.02. The fourth-order valence-electron chi connectivity index (χ4n) is 4.37. The van der Waals surface area contributed by atoms with Gasteiger partial charge >= 0.3 is 0 Å². The first-order valence-electron chi connectivity index (χ1n) is 10.5. The number of nitrogens with one attached hydrogen (secondary N) is 1. The monoisotopic (exact) mass is 380 g/mol. The summed E-state index contributed by atoms with van der Waals surface area (Å²) in [6.45, 7) is 8.29. The number of benzene rings is 1. The van der Waals surface area contributed by atoms with Gasteiger partial charge in [-0.1, -0.05) is 18.2 Å². The molecule has 6 heteroatoms. The standard InChI is InChI=1S/C22H32N6/c1-3-23-22(28-12-10-19(17-28)20-14-25-26(2)16-20)24-13-18-9-11-27(15-18)21-7-5-4-6-8-21/h4-8,14,16,18-19H,3,9-13,15,17H2,1-2H3,(H,23,24). The second-order valence-electron chi connectivity index (χ2n) is 8.01. The van der Waals surface area contributed by atoms with Gasteiger partial charge in [0.25, 0.3) is 0 Å². The summed E-state index contributed by atoms with van der Waals surface area (Å²) in [7, 11) is 1.99. The van der Waals surface area contributed by atoms with E-state index in [1.807, 2.05) is 17.9 Å². The highest BCUT2D eigenvalue weighted by Crippen LogP contribution is 2.27. The molecule has 4 rings (SSSR count). The number of anilines is 1. The van der Waals surface area contributed by atoms with Crippen LogP contribution < -0.4 is 10.2 Å². The molecule has 1 aromatic carbocycles. The first-order chi connectivity index (χ1) is 13.7. The highest BCUT2D eigenvalue weighted by atomic mass is 15.3. The zero-order valence-corrected chi connectivity index (χ0v) is 17.1. The van der Waals surface area contributed by atoms with Crippen LogP contribution in [0.15, 0.2) is 47.7 Å². The molecule has 2 saturated heterocycles. The summed E-state index contributed by atoms with van der Waals surface area (Å²) < 4.78 is 1.90. The van der Waals surface area contributed by atoms with Crippen molar-refractivity contribution in [2.75, 3.05) is 44.2 Å². The fraction of sp³-hybridized carbons (Fsp3) is 0.545. The summed E-state index contributed by atoms with van der Waals surface area (Å²) in [6, 6.07) is 10.7. The Kier molecular flexibility index (Phi) is 5.84. The van der Waals surface area contributed by atoms with Gasteiger partial charge in [0.05, 0.1) is 6.20 Å². The molecule has 28 heavy (non-hydrogen) atoms. The summed E-state index contributed by atoms with van der Waals surface area (Å²) in [5.41, 5.74) is 2.68. The molecule has 0 bridgehead atoms. The molecule has 2 fully saturated rings. The Morgan fingerprint density at radius 3 is 2.79 bits per heavy atom. The first-order valence-corrected chi connectivity index (χ1v) is 10.5. The maximum Gasteiger partial charge on any atom is 0.193 e. The number of rotatable bonds is 5. The van der Waals surface area contributed by atoms with E-state index in [0.29, 0.717) is 11.8 Å². The Labute approximate surface area is 168 Å². The lowest BCUT2D eigenvalue weighted by molar-refractivity contribution is 0.480. The van der Waals surface area contributed by atoms with Crippen LogP contribution in [-0.4, -0.2) is 59.9 Å². The van der Waals surface area contributed by atoms with Gasteiger partial charge in [-0.15, -0.1) is 0 Å². The van der Waals surface area contributed by atoms with E-state index < -0.39 is 0 Å². The lowest BCUT2D eigenvalue weighted by Gasteiger charge is -2.22. The van der Waals surface area contributed by atoms with Crippen LogP contribution in [0.2, 0.25) is 0 Å². The van der Waals surface area contributed by atoms with Crippen LogP contribution in [0.5, 0.6) is 0 Å². The summed E-state index contributed by atoms with van der Waals surface area (Å²) in [5.74, 6) is 2.26. The molecule has 1 N–H and O–H groups in total. The van der Waals surface area contributed by atoms with Crippen LogP contribution in [0.4, 0.5) is 5.69 Å². The Balaban J connectivity index is 1.35. The quantitative estimate of drug-likeness (QED) is 0.640. The van der Waals surface area contributed by atoms with Crippen molar-refractivity contribution in [3.63, 3.8) is 0 Å². The van der Waals surface area contributed by atoms with Gasteiger partial charge in [0.15, 0.2) is 5.96 Å². The second kappa shape index (κ2) is 8.67. The maximum absolute atomic E-state index is 5.02. The Hall–Kier alpha value is -2.50. The number of para-hydroxylation sites is 1. The van der Waals surface area contributed by atoms with Gasteiger partial charge in [-0.25, -0.2) is 0 Å². The van der Waals surface area contributed by atoms with Crippen molar-refractivity contribution in [3.8, 4) is 0 Å². The van der Waals surface area contributed by atoms with E-state index in [9.17, 15) is 0 Å². The number of likely N-dealkylation sites (tertiary alicyclic amines) is 1. The topological polar surface area (TPSA) is 48.7 Å². The molecule has 0 saturated carbocycles. The molecule has 2 atom stereocenters. The molecule has 3 heterocycles. The van der Waals surface area contributed by atoms with Gasteiger partial charge in [0.1, 0.15) is 0 Å². The van der Waals surface area contributed by atoms with Gasteiger partial charge in [-0.2, -0.15) is 5.10 Å². The summed E-state index contributed by atoms with van der Waals surface area (Å²) in [5, 5.41) is 7.85. The van der Waals surface area contributed by atoms with Crippen molar-refractivity contribution in [1.82, 2.24) is 20.0 Å². The molecular formula is C22H32N6. The third-order valence-electron chi connectivity index (χ3n) is 5.93. The lowest BCUT2D eigenvalue weighted by Crippen LogP contribution is -2.40. The Bertz CT molecular complexity index is 783. The summed E-state index contributed by atoms with van der Waals surface area (Å²) >= 11 is 0. The van der Waals surface area contributed by atoms with Gasteiger partial charge in [0, 0.05) is 64.1 Å². The largest absolute Gasteiger partial charge is 0.371 e. The van der Waals surface area contributed by atoms with E-state index in [1.54, 1.807) is 0 Å². The van der Waals surface area contributed by atoms with E-state index in [-0.39, 0.29) is 0 Å². The van der Waals surface area contributed by atoms with Crippen LogP contribution in [-0.2, 0) is 7.05 Å². The smallest absolute Gasteiger partial charge is 0.193 e. The summed E-state index contributed by atoms with van der Waals surface area (Å²) in [4.78, 5) is 9.93. The third-order valence-corrected chi connectivity index (χ3v) is 5.93. The number of hydrogen-bond acceptors (Lipinski definition) is 3. The number of hydrogen-bond donors (Lipinski definition) is 1. The number of aryl methyl sites for hydroxylation is 1. The average Bonchev–Trinajstić information content (AvgIpc) is 3.46. The number of guanidine groups is 1. The van der Waals surface area contributed by atoms with Crippen molar-refractivity contribution in [2.24, 2.45) is 18.0 Å². The molecule has 0 amide bonds. The van der Waals surface area contributed by atoms with Crippen LogP contribution in [0.3, 0.4) is 0 Å². The minimum Gasteiger partial charge on any atom is -0.371 e. The van der Waals surface area contributed by atoms with Crippen LogP contribution in [0, 0.1) is 5.92 Å². The van der Waals surface area contributed by atoms with Crippen LogP contribution in [0.1, 0.15) is 31.2 Å². The van der Waals surface area contributed by atoms with Crippen molar-refractivity contribution in [3.05, 3.63) is 48.3 Å². The molecule has 2 aliphatic heterocycles. The normalized spacial score (nSPS) is 22.9. The molecule has 2 aromatic rings. The predicted molar refractivity (Wildman–Crippen MR) is 115 cm³/mol. The highest BCUT2D eigenvalue weighted by molar-refractivity contribution is 5.80. The van der Waals surface area contributed by atoms with Gasteiger partial charge in [0.2, 0.25) is 0 Å². The highest BCUT2D eigenvalue weighted by Gasteiger charge is 2.28. The minimum atomic E-state index is 0.553. The summed E-state index contributed by atoms with van der Waals surface area (Å²) in [6.07, 6.45) is 6.54. The van der Waals surface area contributed by atoms with Crippen molar-refractivity contribution >= 4 is 11.6 Å². The molecule has 6 nitrogen and oxygen atoms in total. The average molecular weight is 381 g/mol. The van der Waals surface area contributed by atoms with Gasteiger partial charge in [-0.3, -0.25) is 9.67 Å².